The van der Waals surface area contributed by atoms with E-state index in [2.05, 4.69) is 45.3 Å². The largest absolute Gasteiger partial charge is 0.296 e. The molecule has 1 heterocycles. The Labute approximate surface area is 130 Å². The summed E-state index contributed by atoms with van der Waals surface area (Å²) < 4.78 is 0.765. The molecule has 0 radical (unpaired) electrons. The van der Waals surface area contributed by atoms with Gasteiger partial charge in [0.05, 0.1) is 5.56 Å². The quantitative estimate of drug-likeness (QED) is 0.863. The number of nitrogens with zero attached hydrogens (tertiary/aromatic N) is 2. The van der Waals surface area contributed by atoms with E-state index < -0.39 is 0 Å². The van der Waals surface area contributed by atoms with Gasteiger partial charge in [-0.1, -0.05) is 43.7 Å². The molecule has 106 valence electrons. The van der Waals surface area contributed by atoms with Crippen LogP contribution in [-0.4, -0.2) is 16.1 Å². The molecule has 4 nitrogen and oxygen atoms in total. The van der Waals surface area contributed by atoms with Crippen LogP contribution in [0.2, 0.25) is 0 Å². The number of halogens is 1. The Bertz CT molecular complexity index is 600. The minimum absolute atomic E-state index is 0.177. The maximum Gasteiger partial charge on any atom is 0.258 e. The van der Waals surface area contributed by atoms with Crippen LogP contribution in [-0.2, 0) is 0 Å². The van der Waals surface area contributed by atoms with Crippen molar-refractivity contribution >= 4 is 38.3 Å². The molecule has 1 aromatic carbocycles. The summed E-state index contributed by atoms with van der Waals surface area (Å²) in [5.74, 6) is 0.204. The molecule has 0 aliphatic heterocycles. The van der Waals surface area contributed by atoms with Crippen molar-refractivity contribution in [3.8, 4) is 0 Å². The Morgan fingerprint density at radius 2 is 2.15 bits per heavy atom. The summed E-state index contributed by atoms with van der Waals surface area (Å²) in [5.41, 5.74) is 0.589. The molecule has 1 atom stereocenters. The number of carbonyl (C=O) groups excluding carboxylic acids is 1. The van der Waals surface area contributed by atoms with E-state index in [0.717, 1.165) is 22.3 Å². The van der Waals surface area contributed by atoms with Crippen molar-refractivity contribution in [1.82, 2.24) is 10.2 Å². The second kappa shape index (κ2) is 6.95. The number of nitrogens with one attached hydrogen (secondary N) is 1. The van der Waals surface area contributed by atoms with Crippen LogP contribution < -0.4 is 5.32 Å². The number of benzene rings is 1. The predicted molar refractivity (Wildman–Crippen MR) is 85.3 cm³/mol. The average Bonchev–Trinajstić information content (AvgIpc) is 2.88. The molecule has 0 aliphatic rings. The summed E-state index contributed by atoms with van der Waals surface area (Å²) in [7, 11) is 0. The molecule has 0 spiro atoms. The fraction of sp³-hybridized carbons (Fsp3) is 0.357. The van der Waals surface area contributed by atoms with E-state index in [1.807, 2.05) is 18.2 Å². The first-order valence-electron chi connectivity index (χ1n) is 6.51. The number of carbonyl (C=O) groups is 1. The van der Waals surface area contributed by atoms with E-state index in [1.54, 1.807) is 6.07 Å². The van der Waals surface area contributed by atoms with Gasteiger partial charge in [-0.2, -0.15) is 0 Å². The normalized spacial score (nSPS) is 12.2. The standard InChI is InChI=1S/C14H16BrN3OS/c1-3-6-9(2)13-17-18-14(20-13)16-12(19)10-7-4-5-8-11(10)15/h4-5,7-9H,3,6H2,1-2H3,(H,16,18,19)/t9-/m0/s1. The van der Waals surface area contributed by atoms with Crippen molar-refractivity contribution in [1.29, 1.82) is 0 Å². The van der Waals surface area contributed by atoms with Gasteiger partial charge < -0.3 is 0 Å². The fourth-order valence-corrected chi connectivity index (χ4v) is 3.14. The molecule has 6 heteroatoms. The van der Waals surface area contributed by atoms with E-state index in [-0.39, 0.29) is 5.91 Å². The first-order chi connectivity index (χ1) is 9.61. The zero-order valence-electron chi connectivity index (χ0n) is 11.4. The maximum atomic E-state index is 12.1. The Kier molecular flexibility index (Phi) is 5.25. The van der Waals surface area contributed by atoms with Crippen LogP contribution in [0.15, 0.2) is 28.7 Å². The zero-order valence-corrected chi connectivity index (χ0v) is 13.8. The third-order valence-electron chi connectivity index (χ3n) is 2.92. The Hall–Kier alpha value is -1.27. The van der Waals surface area contributed by atoms with E-state index in [0.29, 0.717) is 16.6 Å². The van der Waals surface area contributed by atoms with Gasteiger partial charge in [-0.25, -0.2) is 0 Å². The highest BCUT2D eigenvalue weighted by Crippen LogP contribution is 2.27. The van der Waals surface area contributed by atoms with Crippen LogP contribution in [0.4, 0.5) is 5.13 Å². The smallest absolute Gasteiger partial charge is 0.258 e. The van der Waals surface area contributed by atoms with Gasteiger partial charge in [0.15, 0.2) is 0 Å². The number of aromatic nitrogens is 2. The third kappa shape index (κ3) is 3.64. The monoisotopic (exact) mass is 353 g/mol. The Balaban J connectivity index is 2.07. The number of hydrogen-bond acceptors (Lipinski definition) is 4. The molecule has 0 fully saturated rings. The topological polar surface area (TPSA) is 54.9 Å². The Morgan fingerprint density at radius 3 is 2.85 bits per heavy atom. The van der Waals surface area contributed by atoms with Gasteiger partial charge in [0, 0.05) is 10.4 Å². The zero-order chi connectivity index (χ0) is 14.5. The lowest BCUT2D eigenvalue weighted by atomic mass is 10.1. The molecule has 2 rings (SSSR count). The molecule has 0 saturated heterocycles. The lowest BCUT2D eigenvalue weighted by Gasteiger charge is -2.04. The van der Waals surface area contributed by atoms with Crippen LogP contribution in [0.1, 0.15) is 48.0 Å². The highest BCUT2D eigenvalue weighted by atomic mass is 79.9. The molecule has 1 aromatic heterocycles. The van der Waals surface area contributed by atoms with Crippen molar-refractivity contribution in [3.63, 3.8) is 0 Å². The molecular formula is C14H16BrN3OS. The van der Waals surface area contributed by atoms with Crippen molar-refractivity contribution in [2.75, 3.05) is 5.32 Å². The molecule has 0 aliphatic carbocycles. The summed E-state index contributed by atoms with van der Waals surface area (Å²) in [6.45, 7) is 4.27. The number of anilines is 1. The van der Waals surface area contributed by atoms with Gasteiger partial charge >= 0.3 is 0 Å². The van der Waals surface area contributed by atoms with Gasteiger partial charge in [-0.05, 0) is 34.5 Å². The van der Waals surface area contributed by atoms with Gasteiger partial charge in [-0.3, -0.25) is 10.1 Å². The molecule has 1 amide bonds. The van der Waals surface area contributed by atoms with Gasteiger partial charge in [0.25, 0.3) is 5.91 Å². The highest BCUT2D eigenvalue weighted by molar-refractivity contribution is 9.10. The van der Waals surface area contributed by atoms with Crippen LogP contribution in [0, 0.1) is 0 Å². The molecule has 0 unspecified atom stereocenters. The third-order valence-corrected chi connectivity index (χ3v) is 4.68. The first kappa shape index (κ1) is 15.1. The predicted octanol–water partition coefficient (Wildman–Crippen LogP) is 4.46. The Morgan fingerprint density at radius 1 is 1.40 bits per heavy atom. The van der Waals surface area contributed by atoms with Crippen molar-refractivity contribution in [2.45, 2.75) is 32.6 Å². The second-order valence-electron chi connectivity index (χ2n) is 4.57. The van der Waals surface area contributed by atoms with Crippen LogP contribution >= 0.6 is 27.3 Å². The summed E-state index contributed by atoms with van der Waals surface area (Å²) in [6, 6.07) is 7.30. The molecular weight excluding hydrogens is 338 g/mol. The average molecular weight is 354 g/mol. The lowest BCUT2D eigenvalue weighted by molar-refractivity contribution is 0.102. The molecule has 2 aromatic rings. The maximum absolute atomic E-state index is 12.1. The van der Waals surface area contributed by atoms with Gasteiger partial charge in [0.1, 0.15) is 5.01 Å². The van der Waals surface area contributed by atoms with Crippen molar-refractivity contribution in [2.24, 2.45) is 0 Å². The highest BCUT2D eigenvalue weighted by Gasteiger charge is 2.15. The number of amides is 1. The van der Waals surface area contributed by atoms with Crippen molar-refractivity contribution < 1.29 is 4.79 Å². The molecule has 0 saturated carbocycles. The van der Waals surface area contributed by atoms with Crippen LogP contribution in [0.5, 0.6) is 0 Å². The summed E-state index contributed by atoms with van der Waals surface area (Å²) in [5, 5.41) is 12.5. The fourth-order valence-electron chi connectivity index (χ4n) is 1.85. The summed E-state index contributed by atoms with van der Waals surface area (Å²) in [4.78, 5) is 12.1. The lowest BCUT2D eigenvalue weighted by Crippen LogP contribution is -2.12. The van der Waals surface area contributed by atoms with Crippen LogP contribution in [0.3, 0.4) is 0 Å². The number of hydrogen-bond donors (Lipinski definition) is 1. The van der Waals surface area contributed by atoms with E-state index in [1.165, 1.54) is 11.3 Å². The number of rotatable bonds is 5. The van der Waals surface area contributed by atoms with E-state index in [9.17, 15) is 4.79 Å². The van der Waals surface area contributed by atoms with E-state index >= 15 is 0 Å². The van der Waals surface area contributed by atoms with Gasteiger partial charge in [-0.15, -0.1) is 10.2 Å². The second-order valence-corrected chi connectivity index (χ2v) is 6.43. The molecule has 0 bridgehead atoms. The molecule has 20 heavy (non-hydrogen) atoms. The van der Waals surface area contributed by atoms with Crippen molar-refractivity contribution in [3.05, 3.63) is 39.3 Å². The van der Waals surface area contributed by atoms with E-state index in [4.69, 9.17) is 0 Å². The summed E-state index contributed by atoms with van der Waals surface area (Å²) >= 11 is 4.81. The first-order valence-corrected chi connectivity index (χ1v) is 8.12. The SMILES string of the molecule is CCC[C@H](C)c1nnc(NC(=O)c2ccccc2Br)s1. The molecule has 1 N–H and O–H groups in total. The minimum Gasteiger partial charge on any atom is -0.296 e. The minimum atomic E-state index is -0.177. The summed E-state index contributed by atoms with van der Waals surface area (Å²) in [6.07, 6.45) is 2.19. The van der Waals surface area contributed by atoms with Gasteiger partial charge in [0.2, 0.25) is 5.13 Å². The van der Waals surface area contributed by atoms with Crippen LogP contribution in [0.25, 0.3) is 0 Å².